The Hall–Kier alpha value is -1.71. The molecule has 21 heavy (non-hydrogen) atoms. The lowest BCUT2D eigenvalue weighted by Crippen LogP contribution is -2.52. The maximum Gasteiger partial charge on any atom is 0.414 e. The van der Waals surface area contributed by atoms with E-state index in [1.165, 1.54) is 0 Å². The normalized spacial score (nSPS) is 17.0. The van der Waals surface area contributed by atoms with Crippen LogP contribution in [-0.4, -0.2) is 23.8 Å². The van der Waals surface area contributed by atoms with Crippen LogP contribution >= 0.6 is 0 Å². The maximum atomic E-state index is 12.6. The van der Waals surface area contributed by atoms with Crippen LogP contribution in [0.1, 0.15) is 45.7 Å². The summed E-state index contributed by atoms with van der Waals surface area (Å²) in [6.07, 6.45) is -0.289. The van der Waals surface area contributed by atoms with Crippen LogP contribution in [0.2, 0.25) is 0 Å². The van der Waals surface area contributed by atoms with Gasteiger partial charge in [-0.3, -0.25) is 4.90 Å². The summed E-state index contributed by atoms with van der Waals surface area (Å²) < 4.78 is 5.57. The highest BCUT2D eigenvalue weighted by molar-refractivity contribution is 5.95. The minimum Gasteiger partial charge on any atom is -0.443 e. The number of hydrogen-bond donors (Lipinski definition) is 1. The Morgan fingerprint density at radius 3 is 2.48 bits per heavy atom. The standard InChI is InChI=1S/C17H26N2O2/c1-11-8-12(2)14-13(9-11)19(10-17(6,7)18-14)15(20)21-16(3,4)5/h8-9,18H,10H2,1-7H3. The van der Waals surface area contributed by atoms with Gasteiger partial charge in [0.15, 0.2) is 0 Å². The Bertz CT molecular complexity index is 571. The summed E-state index contributed by atoms with van der Waals surface area (Å²) >= 11 is 0. The number of rotatable bonds is 0. The third kappa shape index (κ3) is 3.49. The van der Waals surface area contributed by atoms with E-state index in [4.69, 9.17) is 4.74 Å². The van der Waals surface area contributed by atoms with Crippen LogP contribution in [0.15, 0.2) is 12.1 Å². The van der Waals surface area contributed by atoms with Crippen molar-refractivity contribution in [1.82, 2.24) is 0 Å². The summed E-state index contributed by atoms with van der Waals surface area (Å²) in [5, 5.41) is 3.53. The van der Waals surface area contributed by atoms with Crippen LogP contribution in [0.25, 0.3) is 0 Å². The number of hydrogen-bond acceptors (Lipinski definition) is 3. The molecule has 4 heteroatoms. The largest absolute Gasteiger partial charge is 0.443 e. The summed E-state index contributed by atoms with van der Waals surface area (Å²) in [5.41, 5.74) is 3.52. The van der Waals surface area contributed by atoms with E-state index in [9.17, 15) is 4.79 Å². The molecule has 1 N–H and O–H groups in total. The van der Waals surface area contributed by atoms with E-state index in [1.54, 1.807) is 4.90 Å². The van der Waals surface area contributed by atoms with Crippen LogP contribution in [0.4, 0.5) is 16.2 Å². The van der Waals surface area contributed by atoms with E-state index in [0.717, 1.165) is 22.5 Å². The lowest BCUT2D eigenvalue weighted by atomic mass is 9.96. The van der Waals surface area contributed by atoms with Gasteiger partial charge in [0.05, 0.1) is 17.9 Å². The molecule has 0 atom stereocenters. The fourth-order valence-corrected chi connectivity index (χ4v) is 2.66. The molecule has 0 radical (unpaired) electrons. The maximum absolute atomic E-state index is 12.6. The van der Waals surface area contributed by atoms with Crippen LogP contribution in [0.3, 0.4) is 0 Å². The van der Waals surface area contributed by atoms with Crippen LogP contribution in [-0.2, 0) is 4.74 Å². The zero-order valence-corrected chi connectivity index (χ0v) is 14.1. The first kappa shape index (κ1) is 15.7. The lowest BCUT2D eigenvalue weighted by molar-refractivity contribution is 0.0573. The topological polar surface area (TPSA) is 41.6 Å². The number of nitrogens with zero attached hydrogens (tertiary/aromatic N) is 1. The highest BCUT2D eigenvalue weighted by atomic mass is 16.6. The van der Waals surface area contributed by atoms with Gasteiger partial charge in [-0.05, 0) is 65.7 Å². The number of amides is 1. The fraction of sp³-hybridized carbons (Fsp3) is 0.588. The number of nitrogens with one attached hydrogen (secondary N) is 1. The first-order valence-electron chi connectivity index (χ1n) is 7.38. The average molecular weight is 290 g/mol. The number of fused-ring (bicyclic) bond motifs is 1. The van der Waals surface area contributed by atoms with Gasteiger partial charge in [-0.1, -0.05) is 6.07 Å². The molecule has 1 aromatic carbocycles. The quantitative estimate of drug-likeness (QED) is 0.776. The molecule has 0 aliphatic carbocycles. The van der Waals surface area contributed by atoms with Crippen molar-refractivity contribution >= 4 is 17.5 Å². The first-order valence-corrected chi connectivity index (χ1v) is 7.38. The van der Waals surface area contributed by atoms with Gasteiger partial charge in [0, 0.05) is 5.54 Å². The summed E-state index contributed by atoms with van der Waals surface area (Å²) in [6.45, 7) is 14.5. The van der Waals surface area contributed by atoms with Crippen molar-refractivity contribution in [2.24, 2.45) is 0 Å². The highest BCUT2D eigenvalue weighted by Gasteiger charge is 2.35. The van der Waals surface area contributed by atoms with Crippen molar-refractivity contribution in [1.29, 1.82) is 0 Å². The predicted octanol–water partition coefficient (Wildman–Crippen LogP) is 4.25. The number of ether oxygens (including phenoxy) is 1. The Morgan fingerprint density at radius 2 is 1.90 bits per heavy atom. The van der Waals surface area contributed by atoms with Crippen molar-refractivity contribution in [3.8, 4) is 0 Å². The van der Waals surface area contributed by atoms with Gasteiger partial charge in [-0.25, -0.2) is 4.79 Å². The smallest absolute Gasteiger partial charge is 0.414 e. The number of carbonyl (C=O) groups excluding carboxylic acids is 1. The van der Waals surface area contributed by atoms with Crippen molar-refractivity contribution in [2.45, 2.75) is 59.6 Å². The Labute approximate surface area is 127 Å². The third-order valence-electron chi connectivity index (χ3n) is 3.38. The second kappa shape index (κ2) is 4.93. The number of carbonyl (C=O) groups is 1. The molecule has 2 rings (SSSR count). The predicted molar refractivity (Wildman–Crippen MR) is 87.2 cm³/mol. The molecule has 0 saturated carbocycles. The molecule has 1 amide bonds. The molecule has 0 aromatic heterocycles. The monoisotopic (exact) mass is 290 g/mol. The zero-order chi connectivity index (χ0) is 16.0. The van der Waals surface area contributed by atoms with E-state index < -0.39 is 5.60 Å². The summed E-state index contributed by atoms with van der Waals surface area (Å²) in [6, 6.07) is 4.16. The van der Waals surface area contributed by atoms with Gasteiger partial charge in [0.25, 0.3) is 0 Å². The van der Waals surface area contributed by atoms with Crippen molar-refractivity contribution in [3.63, 3.8) is 0 Å². The van der Waals surface area contributed by atoms with Crippen LogP contribution < -0.4 is 10.2 Å². The van der Waals surface area contributed by atoms with E-state index in [-0.39, 0.29) is 11.6 Å². The van der Waals surface area contributed by atoms with Crippen molar-refractivity contribution < 1.29 is 9.53 Å². The van der Waals surface area contributed by atoms with E-state index in [0.29, 0.717) is 6.54 Å². The molecular formula is C17H26N2O2. The molecule has 0 fully saturated rings. The lowest BCUT2D eigenvalue weighted by Gasteiger charge is -2.42. The van der Waals surface area contributed by atoms with Crippen LogP contribution in [0.5, 0.6) is 0 Å². The second-order valence-corrected chi connectivity index (χ2v) is 7.55. The molecule has 0 saturated heterocycles. The first-order chi connectivity index (χ1) is 9.48. The van der Waals surface area contributed by atoms with E-state index in [1.807, 2.05) is 33.8 Å². The van der Waals surface area contributed by atoms with Gasteiger partial charge < -0.3 is 10.1 Å². The van der Waals surface area contributed by atoms with Gasteiger partial charge in [-0.2, -0.15) is 0 Å². The van der Waals surface area contributed by atoms with Gasteiger partial charge in [0.2, 0.25) is 0 Å². The molecule has 1 heterocycles. The molecule has 1 aromatic rings. The second-order valence-electron chi connectivity index (χ2n) is 7.55. The average Bonchev–Trinajstić information content (AvgIpc) is 2.26. The summed E-state index contributed by atoms with van der Waals surface area (Å²) in [5.74, 6) is 0. The Balaban J connectivity index is 2.46. The third-order valence-corrected chi connectivity index (χ3v) is 3.38. The molecular weight excluding hydrogens is 264 g/mol. The van der Waals surface area contributed by atoms with E-state index >= 15 is 0 Å². The number of aryl methyl sites for hydroxylation is 2. The van der Waals surface area contributed by atoms with Crippen molar-refractivity contribution in [2.75, 3.05) is 16.8 Å². The van der Waals surface area contributed by atoms with Gasteiger partial charge >= 0.3 is 6.09 Å². The molecule has 4 nitrogen and oxygen atoms in total. The van der Waals surface area contributed by atoms with E-state index in [2.05, 4.69) is 32.2 Å². The minimum atomic E-state index is -0.495. The SMILES string of the molecule is Cc1cc(C)c2c(c1)N(C(=O)OC(C)(C)C)CC(C)(C)N2. The summed E-state index contributed by atoms with van der Waals surface area (Å²) in [7, 11) is 0. The molecule has 1 aliphatic heterocycles. The summed E-state index contributed by atoms with van der Waals surface area (Å²) in [4.78, 5) is 14.3. The van der Waals surface area contributed by atoms with Gasteiger partial charge in [-0.15, -0.1) is 0 Å². The minimum absolute atomic E-state index is 0.191. The molecule has 0 bridgehead atoms. The molecule has 116 valence electrons. The number of benzene rings is 1. The highest BCUT2D eigenvalue weighted by Crippen LogP contribution is 2.38. The Morgan fingerprint density at radius 1 is 1.29 bits per heavy atom. The zero-order valence-electron chi connectivity index (χ0n) is 14.1. The van der Waals surface area contributed by atoms with Crippen molar-refractivity contribution in [3.05, 3.63) is 23.3 Å². The van der Waals surface area contributed by atoms with Crippen LogP contribution in [0, 0.1) is 13.8 Å². The number of anilines is 2. The molecule has 0 spiro atoms. The fourth-order valence-electron chi connectivity index (χ4n) is 2.66. The van der Waals surface area contributed by atoms with Gasteiger partial charge in [0.1, 0.15) is 5.60 Å². The Kier molecular flexibility index (Phi) is 3.68. The molecule has 1 aliphatic rings. The molecule has 0 unspecified atom stereocenters.